The van der Waals surface area contributed by atoms with E-state index in [-0.39, 0.29) is 22.3 Å². The summed E-state index contributed by atoms with van der Waals surface area (Å²) in [6.45, 7) is 2.50. The number of carbonyl (C=O) groups excluding carboxylic acids is 6. The van der Waals surface area contributed by atoms with E-state index in [2.05, 4.69) is 0 Å². The van der Waals surface area contributed by atoms with Crippen molar-refractivity contribution in [2.75, 3.05) is 28.2 Å². The summed E-state index contributed by atoms with van der Waals surface area (Å²) in [5, 5.41) is 132. The molecule has 8 rings (SSSR count). The first-order chi connectivity index (χ1) is 30.4. The summed E-state index contributed by atoms with van der Waals surface area (Å²) >= 11 is 0. The predicted octanol–water partition coefficient (Wildman–Crippen LogP) is -2.64. The average Bonchev–Trinajstić information content (AvgIpc) is 3.20. The van der Waals surface area contributed by atoms with E-state index in [1.165, 1.54) is 88.2 Å². The zero-order chi connectivity index (χ0) is 49.6. The van der Waals surface area contributed by atoms with Gasteiger partial charge < -0.3 is 72.7 Å². The summed E-state index contributed by atoms with van der Waals surface area (Å²) in [6.07, 6.45) is -3.76. The van der Waals surface area contributed by atoms with Crippen molar-refractivity contribution in [2.45, 2.75) is 60.5 Å². The van der Waals surface area contributed by atoms with Gasteiger partial charge in [0, 0.05) is 0 Å². The van der Waals surface area contributed by atoms with Crippen molar-refractivity contribution in [3.63, 3.8) is 0 Å². The third-order valence-electron chi connectivity index (χ3n) is 14.1. The zero-order valence-electron chi connectivity index (χ0n) is 35.9. The number of phenolic OH excluding ortho intramolecular Hbond substituents is 2. The number of aromatic hydroxyl groups is 2. The fourth-order valence-corrected chi connectivity index (χ4v) is 11.2. The normalized spacial score (nSPS) is 36.8. The van der Waals surface area contributed by atoms with E-state index in [0.717, 1.165) is 0 Å². The number of benzene rings is 2. The first kappa shape index (κ1) is 47.5. The SMILES string of the molecule is CN(C)[C@@H]1C(=O)/C(=C(\N)O)C(=O)[C@@]2(O)C(=O)C3=C(O)c4c(O)cccc4[C@@](C)(O)[C@H]3[C@H](O)[C@@H]12.CN(C)[C@@H]1C(O)=C(C(N)=O)C(=O)[C@@]2(O)C(O)=C3C(=O)c4c(O)cccc4[C@@](C)(O)[C@H]3[C@H](O)[C@@H]12. The number of fused-ring (bicyclic) bond motifs is 6. The Kier molecular flexibility index (Phi) is 10.8. The number of likely N-dealkylation sites (N-methyl/N-ethyl adjacent to an activating group) is 2. The van der Waals surface area contributed by atoms with Crippen LogP contribution in [0.5, 0.6) is 11.5 Å². The van der Waals surface area contributed by atoms with E-state index in [1.54, 1.807) is 0 Å². The Labute approximate surface area is 373 Å². The highest BCUT2D eigenvalue weighted by Gasteiger charge is 2.72. The minimum atomic E-state index is -3.09. The fraction of sp³-hybridized carbons (Fsp3) is 0.409. The molecule has 0 aliphatic heterocycles. The summed E-state index contributed by atoms with van der Waals surface area (Å²) in [4.78, 5) is 80.9. The molecule has 22 nitrogen and oxygen atoms in total. The molecule has 16 N–H and O–H groups in total. The maximum absolute atomic E-state index is 13.7. The van der Waals surface area contributed by atoms with Gasteiger partial charge in [-0.3, -0.25) is 38.6 Å². The van der Waals surface area contributed by atoms with Gasteiger partial charge in [0.1, 0.15) is 39.9 Å². The van der Waals surface area contributed by atoms with Gasteiger partial charge in [0.25, 0.3) is 5.91 Å². The maximum Gasteiger partial charge on any atom is 0.255 e. The third-order valence-corrected chi connectivity index (χ3v) is 14.1. The van der Waals surface area contributed by atoms with E-state index in [4.69, 9.17) is 11.5 Å². The number of nitrogens with two attached hydrogens (primary N) is 2. The van der Waals surface area contributed by atoms with Crippen molar-refractivity contribution in [2.24, 2.45) is 35.1 Å². The molecule has 0 spiro atoms. The van der Waals surface area contributed by atoms with Crippen LogP contribution < -0.4 is 11.5 Å². The highest BCUT2D eigenvalue weighted by molar-refractivity contribution is 6.36. The van der Waals surface area contributed by atoms with E-state index < -0.39 is 162 Å². The Morgan fingerprint density at radius 3 is 1.56 bits per heavy atom. The van der Waals surface area contributed by atoms with Crippen LogP contribution in [0.1, 0.15) is 40.9 Å². The number of carbonyl (C=O) groups is 6. The number of phenols is 2. The molecule has 0 radical (unpaired) electrons. The number of Topliss-reactive ketones (excluding diaryl/α,β-unsaturated/α-hetero) is 5. The molecule has 352 valence electrons. The van der Waals surface area contributed by atoms with Crippen molar-refractivity contribution in [1.29, 1.82) is 0 Å². The Morgan fingerprint density at radius 1 is 0.636 bits per heavy atom. The molecule has 6 aliphatic rings. The molecule has 12 atom stereocenters. The smallest absolute Gasteiger partial charge is 0.255 e. The second-order valence-electron chi connectivity index (χ2n) is 18.1. The number of hydrogen-bond acceptors (Lipinski definition) is 21. The first-order valence-corrected chi connectivity index (χ1v) is 20.2. The molecule has 2 aromatic rings. The summed E-state index contributed by atoms with van der Waals surface area (Å²) in [5.74, 6) is -19.4. The monoisotopic (exact) mass is 920 g/mol. The molecule has 22 heteroatoms. The van der Waals surface area contributed by atoms with E-state index in [1.807, 2.05) is 0 Å². The predicted molar refractivity (Wildman–Crippen MR) is 222 cm³/mol. The first-order valence-electron chi connectivity index (χ1n) is 20.2. The van der Waals surface area contributed by atoms with Crippen molar-refractivity contribution in [3.05, 3.63) is 98.3 Å². The average molecular weight is 921 g/mol. The van der Waals surface area contributed by atoms with Crippen molar-refractivity contribution < 1.29 is 90.0 Å². The number of nitrogens with zero attached hydrogens (tertiary/aromatic N) is 2. The van der Waals surface area contributed by atoms with Crippen molar-refractivity contribution >= 4 is 40.6 Å². The minimum Gasteiger partial charge on any atom is -0.510 e. The van der Waals surface area contributed by atoms with Crippen molar-refractivity contribution in [1.82, 2.24) is 9.80 Å². The van der Waals surface area contributed by atoms with Gasteiger partial charge in [0.15, 0.2) is 28.7 Å². The van der Waals surface area contributed by atoms with Crippen LogP contribution in [0.15, 0.2) is 76.1 Å². The Morgan fingerprint density at radius 2 is 1.09 bits per heavy atom. The molecular formula is C44H48N4O18. The van der Waals surface area contributed by atoms with Crippen LogP contribution in [0.4, 0.5) is 0 Å². The lowest BCUT2D eigenvalue weighted by molar-refractivity contribution is -0.187. The highest BCUT2D eigenvalue weighted by atomic mass is 16.4. The molecule has 0 aromatic heterocycles. The number of hydrogen-bond donors (Lipinski definition) is 14. The van der Waals surface area contributed by atoms with Gasteiger partial charge in [-0.2, -0.15) is 0 Å². The molecule has 2 aromatic carbocycles. The van der Waals surface area contributed by atoms with Gasteiger partial charge >= 0.3 is 0 Å². The Bertz CT molecular complexity index is 2730. The van der Waals surface area contributed by atoms with Crippen LogP contribution in [0, 0.1) is 23.7 Å². The number of aliphatic hydroxyl groups excluding tert-OH is 6. The molecule has 2 fully saturated rings. The van der Waals surface area contributed by atoms with Crippen LogP contribution in [-0.4, -0.2) is 170 Å². The van der Waals surface area contributed by atoms with Gasteiger partial charge in [0.2, 0.25) is 17.3 Å². The Balaban J connectivity index is 0.000000196. The fourth-order valence-electron chi connectivity index (χ4n) is 11.2. The second-order valence-corrected chi connectivity index (χ2v) is 18.1. The molecule has 0 heterocycles. The van der Waals surface area contributed by atoms with Gasteiger partial charge in [-0.05, 0) is 65.3 Å². The van der Waals surface area contributed by atoms with Crippen LogP contribution >= 0.6 is 0 Å². The molecular weight excluding hydrogens is 872 g/mol. The summed E-state index contributed by atoms with van der Waals surface area (Å²) in [5.41, 5.74) is -3.70. The van der Waals surface area contributed by atoms with E-state index in [0.29, 0.717) is 0 Å². The second kappa shape index (κ2) is 15.0. The van der Waals surface area contributed by atoms with Gasteiger partial charge in [-0.25, -0.2) is 0 Å². The third kappa shape index (κ3) is 5.83. The molecule has 2 saturated carbocycles. The molecule has 0 unspecified atom stereocenters. The standard InChI is InChI=1S/2C22H24N2O9/c2*1-21(32)7-5-4-6-8(25)9(7)15(26)10-12(21)17(28)13-14(24(2)3)16(27)11(20(23)31)19(30)22(13,33)18(10)29/h4-6,12-14,17,25,27-29,32-33H,1-3H3,(H2,23,31);4-6,12-14,17,25-26,28,31-33H,23H2,1-3H3/b;20-11-/t2*12-,13-,14+,17+,21-,22+/m11/s1. The summed E-state index contributed by atoms with van der Waals surface area (Å²) in [7, 11) is 5.65. The van der Waals surface area contributed by atoms with Gasteiger partial charge in [-0.1, -0.05) is 24.3 Å². The van der Waals surface area contributed by atoms with Crippen LogP contribution in [0.3, 0.4) is 0 Å². The molecule has 66 heavy (non-hydrogen) atoms. The minimum absolute atomic E-state index is 0.00101. The summed E-state index contributed by atoms with van der Waals surface area (Å²) in [6, 6.07) is 5.03. The lowest BCUT2D eigenvalue weighted by atomic mass is 9.52. The zero-order valence-corrected chi connectivity index (χ0v) is 35.9. The topological polar surface area (TPSA) is 404 Å². The molecule has 6 aliphatic carbocycles. The lowest BCUT2D eigenvalue weighted by Crippen LogP contribution is -2.74. The quantitative estimate of drug-likeness (QED) is 0.0647. The van der Waals surface area contributed by atoms with Crippen LogP contribution in [0.2, 0.25) is 0 Å². The molecule has 1 amide bonds. The largest absolute Gasteiger partial charge is 0.510 e. The van der Waals surface area contributed by atoms with Gasteiger partial charge in [0.05, 0.1) is 81.4 Å². The van der Waals surface area contributed by atoms with E-state index in [9.17, 15) is 90.0 Å². The number of amides is 1. The van der Waals surface area contributed by atoms with E-state index >= 15 is 0 Å². The summed E-state index contributed by atoms with van der Waals surface area (Å²) < 4.78 is 0. The molecule has 0 bridgehead atoms. The number of ketones is 5. The van der Waals surface area contributed by atoms with Crippen LogP contribution in [-0.2, 0) is 35.2 Å². The lowest BCUT2D eigenvalue weighted by Gasteiger charge is -2.55. The van der Waals surface area contributed by atoms with Crippen molar-refractivity contribution in [3.8, 4) is 11.5 Å². The molecule has 0 saturated heterocycles. The maximum atomic E-state index is 13.7. The highest BCUT2D eigenvalue weighted by Crippen LogP contribution is 2.58. The van der Waals surface area contributed by atoms with Gasteiger partial charge in [-0.15, -0.1) is 0 Å². The van der Waals surface area contributed by atoms with Crippen LogP contribution in [0.25, 0.3) is 5.76 Å². The number of primary amides is 1. The number of rotatable bonds is 3. The Hall–Kier alpha value is -6.50. The number of aliphatic hydroxyl groups is 10.